The molecule has 1 aromatic heterocycles. The van der Waals surface area contributed by atoms with E-state index in [0.29, 0.717) is 30.2 Å². The Hall–Kier alpha value is -2.96. The van der Waals surface area contributed by atoms with Crippen LogP contribution in [-0.2, 0) is 13.0 Å². The number of aryl methyl sites for hydroxylation is 1. The number of ketones is 1. The molecule has 4 nitrogen and oxygen atoms in total. The SMILES string of the molecule is Cc1cc2c(c3c1C(=O)/C(=C/c1ccc(F)cc1)O3)CN(CCc1cccs1)CO2. The Morgan fingerprint density at radius 2 is 2.07 bits per heavy atom. The summed E-state index contributed by atoms with van der Waals surface area (Å²) in [6.45, 7) is 3.95. The molecule has 0 aliphatic carbocycles. The molecular weight excluding hydrogens is 401 g/mol. The van der Waals surface area contributed by atoms with Gasteiger partial charge in [0.15, 0.2) is 5.76 Å². The number of hydrogen-bond donors (Lipinski definition) is 0. The van der Waals surface area contributed by atoms with Crippen LogP contribution in [0.25, 0.3) is 6.08 Å². The summed E-state index contributed by atoms with van der Waals surface area (Å²) in [4.78, 5) is 16.6. The van der Waals surface area contributed by atoms with Gasteiger partial charge >= 0.3 is 0 Å². The van der Waals surface area contributed by atoms with Gasteiger partial charge in [0.25, 0.3) is 0 Å². The highest BCUT2D eigenvalue weighted by Gasteiger charge is 2.35. The second kappa shape index (κ2) is 7.70. The maximum absolute atomic E-state index is 13.2. The highest BCUT2D eigenvalue weighted by Crippen LogP contribution is 2.44. The van der Waals surface area contributed by atoms with Crippen LogP contribution in [-0.4, -0.2) is 24.0 Å². The van der Waals surface area contributed by atoms with Gasteiger partial charge in [0.1, 0.15) is 24.0 Å². The zero-order chi connectivity index (χ0) is 20.7. The molecule has 0 unspecified atom stereocenters. The molecule has 2 aromatic carbocycles. The number of hydrogen-bond acceptors (Lipinski definition) is 5. The molecule has 6 heteroatoms. The number of thiophene rings is 1. The minimum Gasteiger partial charge on any atom is -0.478 e. The maximum atomic E-state index is 13.2. The molecule has 0 spiro atoms. The van der Waals surface area contributed by atoms with Gasteiger partial charge in [-0.1, -0.05) is 18.2 Å². The summed E-state index contributed by atoms with van der Waals surface area (Å²) in [7, 11) is 0. The van der Waals surface area contributed by atoms with E-state index >= 15 is 0 Å². The van der Waals surface area contributed by atoms with Crippen LogP contribution in [0.5, 0.6) is 11.5 Å². The molecule has 3 heterocycles. The highest BCUT2D eigenvalue weighted by molar-refractivity contribution is 7.09. The Labute approximate surface area is 178 Å². The fourth-order valence-corrected chi connectivity index (χ4v) is 4.55. The maximum Gasteiger partial charge on any atom is 0.232 e. The first-order valence-corrected chi connectivity index (χ1v) is 10.7. The number of ether oxygens (including phenoxy) is 2. The molecular formula is C24H20FNO3S. The summed E-state index contributed by atoms with van der Waals surface area (Å²) in [5, 5.41) is 2.08. The Balaban J connectivity index is 1.42. The summed E-state index contributed by atoms with van der Waals surface area (Å²) < 4.78 is 25.2. The number of carbonyl (C=O) groups excluding carboxylic acids is 1. The predicted octanol–water partition coefficient (Wildman–Crippen LogP) is 5.21. The van der Waals surface area contributed by atoms with Crippen LogP contribution in [0.3, 0.4) is 0 Å². The van der Waals surface area contributed by atoms with E-state index in [1.165, 1.54) is 17.0 Å². The highest BCUT2D eigenvalue weighted by atomic mass is 32.1. The van der Waals surface area contributed by atoms with Crippen molar-refractivity contribution in [2.75, 3.05) is 13.3 Å². The number of rotatable bonds is 4. The third-order valence-corrected chi connectivity index (χ3v) is 6.35. The van der Waals surface area contributed by atoms with Gasteiger partial charge in [-0.15, -0.1) is 11.3 Å². The average Bonchev–Trinajstić information content (AvgIpc) is 3.37. The number of nitrogens with zero attached hydrogens (tertiary/aromatic N) is 1. The molecule has 152 valence electrons. The third-order valence-electron chi connectivity index (χ3n) is 5.41. The number of carbonyl (C=O) groups is 1. The third kappa shape index (κ3) is 3.53. The molecule has 2 aliphatic heterocycles. The van der Waals surface area contributed by atoms with Gasteiger partial charge in [-0.3, -0.25) is 9.69 Å². The zero-order valence-corrected chi connectivity index (χ0v) is 17.3. The molecule has 30 heavy (non-hydrogen) atoms. The molecule has 0 N–H and O–H groups in total. The smallest absolute Gasteiger partial charge is 0.232 e. The molecule has 2 aliphatic rings. The van der Waals surface area contributed by atoms with Crippen LogP contribution in [0.4, 0.5) is 4.39 Å². The van der Waals surface area contributed by atoms with E-state index in [4.69, 9.17) is 9.47 Å². The lowest BCUT2D eigenvalue weighted by molar-refractivity contribution is 0.0951. The van der Waals surface area contributed by atoms with Crippen molar-refractivity contribution in [3.63, 3.8) is 0 Å². The van der Waals surface area contributed by atoms with Crippen LogP contribution in [0.2, 0.25) is 0 Å². The van der Waals surface area contributed by atoms with E-state index in [9.17, 15) is 9.18 Å². The zero-order valence-electron chi connectivity index (χ0n) is 16.5. The predicted molar refractivity (Wildman–Crippen MR) is 114 cm³/mol. The largest absolute Gasteiger partial charge is 0.478 e. The van der Waals surface area contributed by atoms with Gasteiger partial charge in [-0.25, -0.2) is 4.39 Å². The minimum absolute atomic E-state index is 0.148. The van der Waals surface area contributed by atoms with Gasteiger partial charge in [-0.05, 0) is 60.2 Å². The minimum atomic E-state index is -0.316. The molecule has 0 amide bonds. The van der Waals surface area contributed by atoms with Gasteiger partial charge in [-0.2, -0.15) is 0 Å². The Morgan fingerprint density at radius 1 is 1.23 bits per heavy atom. The van der Waals surface area contributed by atoms with Gasteiger partial charge in [0, 0.05) is 18.0 Å². The van der Waals surface area contributed by atoms with E-state index in [1.54, 1.807) is 29.5 Å². The molecule has 0 saturated carbocycles. The molecule has 5 rings (SSSR count). The second-order valence-electron chi connectivity index (χ2n) is 7.52. The van der Waals surface area contributed by atoms with E-state index in [1.807, 2.05) is 13.0 Å². The van der Waals surface area contributed by atoms with E-state index in [-0.39, 0.29) is 17.4 Å². The number of benzene rings is 2. The van der Waals surface area contributed by atoms with Crippen molar-refractivity contribution in [2.45, 2.75) is 19.9 Å². The lowest BCUT2D eigenvalue weighted by Crippen LogP contribution is -2.33. The number of allylic oxidation sites excluding steroid dienone is 1. The van der Waals surface area contributed by atoms with Crippen molar-refractivity contribution in [1.82, 2.24) is 4.90 Å². The van der Waals surface area contributed by atoms with Crippen molar-refractivity contribution in [2.24, 2.45) is 0 Å². The Morgan fingerprint density at radius 3 is 2.83 bits per heavy atom. The van der Waals surface area contributed by atoms with Gasteiger partial charge in [0.2, 0.25) is 5.78 Å². The van der Waals surface area contributed by atoms with Crippen molar-refractivity contribution in [1.29, 1.82) is 0 Å². The first kappa shape index (κ1) is 19.0. The number of Topliss-reactive ketones (excluding diaryl/α,β-unsaturated/α-hetero) is 1. The van der Waals surface area contributed by atoms with Crippen LogP contribution in [0.15, 0.2) is 53.6 Å². The van der Waals surface area contributed by atoms with Crippen LogP contribution in [0, 0.1) is 12.7 Å². The Kier molecular flexibility index (Phi) is 4.89. The van der Waals surface area contributed by atoms with Crippen molar-refractivity contribution >= 4 is 23.2 Å². The van der Waals surface area contributed by atoms with Crippen LogP contribution < -0.4 is 9.47 Å². The summed E-state index contributed by atoms with van der Waals surface area (Å²) in [5.41, 5.74) is 3.05. The Bertz CT molecular complexity index is 1140. The fraction of sp³-hybridized carbons (Fsp3) is 0.208. The van der Waals surface area contributed by atoms with Crippen molar-refractivity contribution in [3.8, 4) is 11.5 Å². The van der Waals surface area contributed by atoms with E-state index in [0.717, 1.165) is 29.8 Å². The normalized spacial score (nSPS) is 16.9. The van der Waals surface area contributed by atoms with Gasteiger partial charge < -0.3 is 9.47 Å². The molecule has 0 fully saturated rings. The summed E-state index contributed by atoms with van der Waals surface area (Å²) >= 11 is 1.75. The number of fused-ring (bicyclic) bond motifs is 3. The molecule has 0 atom stereocenters. The first-order valence-electron chi connectivity index (χ1n) is 9.82. The lowest BCUT2D eigenvalue weighted by Gasteiger charge is -2.30. The van der Waals surface area contributed by atoms with Crippen LogP contribution in [0.1, 0.15) is 31.9 Å². The molecule has 3 aromatic rings. The second-order valence-corrected chi connectivity index (χ2v) is 8.55. The summed E-state index contributed by atoms with van der Waals surface area (Å²) in [6, 6.07) is 12.1. The molecule has 0 bridgehead atoms. The summed E-state index contributed by atoms with van der Waals surface area (Å²) in [6.07, 6.45) is 2.62. The quantitative estimate of drug-likeness (QED) is 0.543. The molecule has 0 saturated heterocycles. The van der Waals surface area contributed by atoms with Crippen LogP contribution >= 0.6 is 11.3 Å². The lowest BCUT2D eigenvalue weighted by atomic mass is 9.98. The molecule has 0 radical (unpaired) electrons. The number of halogens is 1. The summed E-state index contributed by atoms with van der Waals surface area (Å²) in [5.74, 6) is 1.15. The van der Waals surface area contributed by atoms with Crippen molar-refractivity contribution < 1.29 is 18.7 Å². The monoisotopic (exact) mass is 421 g/mol. The fourth-order valence-electron chi connectivity index (χ4n) is 3.85. The first-order chi connectivity index (χ1) is 14.6. The topological polar surface area (TPSA) is 38.8 Å². The van der Waals surface area contributed by atoms with Gasteiger partial charge in [0.05, 0.1) is 11.1 Å². The van der Waals surface area contributed by atoms with E-state index in [2.05, 4.69) is 22.4 Å². The van der Waals surface area contributed by atoms with E-state index < -0.39 is 0 Å². The average molecular weight is 421 g/mol. The standard InChI is InChI=1S/C24H20FNO3S/c1-15-11-20-19(13-26(14-28-20)9-8-18-3-2-10-30-18)24-22(15)23(27)21(29-24)12-16-4-6-17(25)7-5-16/h2-7,10-12H,8-9,13-14H2,1H3/b21-12-. The van der Waals surface area contributed by atoms with Crippen molar-refractivity contribution in [3.05, 3.63) is 86.6 Å².